The number of halogens is 1. The Balaban J connectivity index is 2.34. The van der Waals surface area contributed by atoms with Crippen LogP contribution in [0.15, 0.2) is 41.9 Å². The molecule has 0 aromatic heterocycles. The molecule has 0 N–H and O–H groups in total. The largest absolute Gasteiger partial charge is 0.461 e. The third-order valence-electron chi connectivity index (χ3n) is 1.58. The SMILES string of the molecule is C=C(Cl)CC(=O)OCc1ccccc1. The van der Waals surface area contributed by atoms with Crippen molar-refractivity contribution in [3.8, 4) is 0 Å². The fourth-order valence-electron chi connectivity index (χ4n) is 0.946. The number of rotatable bonds is 4. The second kappa shape index (κ2) is 5.45. The summed E-state index contributed by atoms with van der Waals surface area (Å²) in [6.45, 7) is 3.70. The Morgan fingerprint density at radius 1 is 1.36 bits per heavy atom. The summed E-state index contributed by atoms with van der Waals surface area (Å²) in [5, 5.41) is 0.295. The minimum absolute atomic E-state index is 0.0639. The van der Waals surface area contributed by atoms with Gasteiger partial charge >= 0.3 is 5.97 Å². The Labute approximate surface area is 88.1 Å². The van der Waals surface area contributed by atoms with Gasteiger partial charge in [-0.2, -0.15) is 0 Å². The van der Waals surface area contributed by atoms with Crippen LogP contribution in [0.3, 0.4) is 0 Å². The summed E-state index contributed by atoms with van der Waals surface area (Å²) in [6, 6.07) is 9.48. The maximum Gasteiger partial charge on any atom is 0.311 e. The zero-order valence-corrected chi connectivity index (χ0v) is 8.46. The van der Waals surface area contributed by atoms with E-state index in [-0.39, 0.29) is 19.0 Å². The van der Waals surface area contributed by atoms with Crippen molar-refractivity contribution in [2.75, 3.05) is 0 Å². The smallest absolute Gasteiger partial charge is 0.311 e. The van der Waals surface area contributed by atoms with Gasteiger partial charge in [-0.05, 0) is 5.56 Å². The van der Waals surface area contributed by atoms with Gasteiger partial charge in [0.25, 0.3) is 0 Å². The van der Waals surface area contributed by atoms with E-state index in [9.17, 15) is 4.79 Å². The van der Waals surface area contributed by atoms with Gasteiger partial charge in [0.1, 0.15) is 6.61 Å². The van der Waals surface area contributed by atoms with Gasteiger partial charge < -0.3 is 4.74 Å². The lowest BCUT2D eigenvalue weighted by atomic mass is 10.2. The zero-order chi connectivity index (χ0) is 10.4. The predicted octanol–water partition coefficient (Wildman–Crippen LogP) is 2.87. The lowest BCUT2D eigenvalue weighted by molar-refractivity contribution is -0.143. The van der Waals surface area contributed by atoms with Gasteiger partial charge in [0.15, 0.2) is 0 Å². The van der Waals surface area contributed by atoms with Crippen LogP contribution < -0.4 is 0 Å². The van der Waals surface area contributed by atoms with Crippen LogP contribution in [0.2, 0.25) is 0 Å². The average molecular weight is 211 g/mol. The molecule has 0 heterocycles. The van der Waals surface area contributed by atoms with Crippen molar-refractivity contribution >= 4 is 17.6 Å². The molecule has 14 heavy (non-hydrogen) atoms. The monoisotopic (exact) mass is 210 g/mol. The van der Waals surface area contributed by atoms with E-state index in [2.05, 4.69) is 6.58 Å². The van der Waals surface area contributed by atoms with Gasteiger partial charge in [-0.15, -0.1) is 0 Å². The van der Waals surface area contributed by atoms with Gasteiger partial charge in [0.05, 0.1) is 6.42 Å². The third kappa shape index (κ3) is 4.10. The van der Waals surface area contributed by atoms with Gasteiger partial charge in [-0.3, -0.25) is 4.79 Å². The van der Waals surface area contributed by atoms with Gasteiger partial charge in [-0.1, -0.05) is 48.5 Å². The zero-order valence-electron chi connectivity index (χ0n) is 7.70. The molecular formula is C11H11ClO2. The van der Waals surface area contributed by atoms with Gasteiger partial charge in [0, 0.05) is 5.03 Å². The molecule has 3 heteroatoms. The Bertz CT molecular complexity index is 319. The Morgan fingerprint density at radius 2 is 2.00 bits per heavy atom. The molecule has 0 atom stereocenters. The van der Waals surface area contributed by atoms with Crippen molar-refractivity contribution < 1.29 is 9.53 Å². The highest BCUT2D eigenvalue weighted by Gasteiger charge is 2.03. The molecule has 0 aliphatic carbocycles. The second-order valence-corrected chi connectivity index (χ2v) is 3.37. The number of carbonyl (C=O) groups excluding carboxylic acids is 1. The Morgan fingerprint density at radius 3 is 2.57 bits per heavy atom. The number of hydrogen-bond donors (Lipinski definition) is 0. The van der Waals surface area contributed by atoms with Crippen LogP contribution in [0.1, 0.15) is 12.0 Å². The minimum Gasteiger partial charge on any atom is -0.461 e. The van der Waals surface area contributed by atoms with E-state index < -0.39 is 0 Å². The summed E-state index contributed by atoms with van der Waals surface area (Å²) in [5.74, 6) is -0.353. The Kier molecular flexibility index (Phi) is 4.20. The highest BCUT2D eigenvalue weighted by atomic mass is 35.5. The number of ether oxygens (including phenoxy) is 1. The molecule has 74 valence electrons. The molecule has 0 spiro atoms. The van der Waals surface area contributed by atoms with Crippen LogP contribution >= 0.6 is 11.6 Å². The molecule has 2 nitrogen and oxygen atoms in total. The van der Waals surface area contributed by atoms with Crippen LogP contribution in [0.5, 0.6) is 0 Å². The molecule has 1 aromatic carbocycles. The number of hydrogen-bond acceptors (Lipinski definition) is 2. The number of carbonyl (C=O) groups is 1. The van der Waals surface area contributed by atoms with Crippen LogP contribution in [-0.2, 0) is 16.1 Å². The third-order valence-corrected chi connectivity index (χ3v) is 1.71. The summed E-state index contributed by atoms with van der Waals surface area (Å²) in [6.07, 6.45) is 0.0639. The summed E-state index contributed by atoms with van der Waals surface area (Å²) in [5.41, 5.74) is 0.959. The summed E-state index contributed by atoms with van der Waals surface area (Å²) in [7, 11) is 0. The van der Waals surface area contributed by atoms with Crippen LogP contribution in [0.25, 0.3) is 0 Å². The molecule has 0 aliphatic heterocycles. The quantitative estimate of drug-likeness (QED) is 0.715. The van der Waals surface area contributed by atoms with Crippen molar-refractivity contribution in [1.82, 2.24) is 0 Å². The lowest BCUT2D eigenvalue weighted by Crippen LogP contribution is -2.03. The maximum absolute atomic E-state index is 11.1. The van der Waals surface area contributed by atoms with E-state index in [1.165, 1.54) is 0 Å². The minimum atomic E-state index is -0.353. The van der Waals surface area contributed by atoms with Gasteiger partial charge in [0.2, 0.25) is 0 Å². The van der Waals surface area contributed by atoms with E-state index in [0.29, 0.717) is 5.03 Å². The van der Waals surface area contributed by atoms with E-state index in [1.54, 1.807) is 0 Å². The molecule has 0 amide bonds. The van der Waals surface area contributed by atoms with Crippen molar-refractivity contribution in [2.24, 2.45) is 0 Å². The van der Waals surface area contributed by atoms with Crippen molar-refractivity contribution in [1.29, 1.82) is 0 Å². The first-order chi connectivity index (χ1) is 6.68. The van der Waals surface area contributed by atoms with Crippen molar-refractivity contribution in [2.45, 2.75) is 13.0 Å². The fraction of sp³-hybridized carbons (Fsp3) is 0.182. The normalized spacial score (nSPS) is 9.50. The highest BCUT2D eigenvalue weighted by Crippen LogP contribution is 2.06. The molecule has 0 bridgehead atoms. The van der Waals surface area contributed by atoms with Gasteiger partial charge in [-0.25, -0.2) is 0 Å². The van der Waals surface area contributed by atoms with Crippen molar-refractivity contribution in [3.05, 3.63) is 47.5 Å². The maximum atomic E-state index is 11.1. The average Bonchev–Trinajstić information content (AvgIpc) is 2.15. The molecule has 0 fully saturated rings. The second-order valence-electron chi connectivity index (χ2n) is 2.84. The van der Waals surface area contributed by atoms with Crippen LogP contribution in [0, 0.1) is 0 Å². The molecule has 0 aliphatic rings. The fourth-order valence-corrected chi connectivity index (χ4v) is 1.05. The summed E-state index contributed by atoms with van der Waals surface area (Å²) < 4.78 is 4.95. The molecular weight excluding hydrogens is 200 g/mol. The van der Waals surface area contributed by atoms with E-state index in [1.807, 2.05) is 30.3 Å². The summed E-state index contributed by atoms with van der Waals surface area (Å²) in [4.78, 5) is 11.1. The molecule has 0 unspecified atom stereocenters. The van der Waals surface area contributed by atoms with Crippen LogP contribution in [-0.4, -0.2) is 5.97 Å². The number of esters is 1. The first-order valence-corrected chi connectivity index (χ1v) is 4.59. The van der Waals surface area contributed by atoms with E-state index >= 15 is 0 Å². The molecule has 0 radical (unpaired) electrons. The first-order valence-electron chi connectivity index (χ1n) is 4.21. The topological polar surface area (TPSA) is 26.3 Å². The summed E-state index contributed by atoms with van der Waals surface area (Å²) >= 11 is 5.46. The standard InChI is InChI=1S/C11H11ClO2/c1-9(12)7-11(13)14-8-10-5-3-2-4-6-10/h2-6H,1,7-8H2. The highest BCUT2D eigenvalue weighted by molar-refractivity contribution is 6.30. The van der Waals surface area contributed by atoms with E-state index in [0.717, 1.165) is 5.56 Å². The molecule has 0 saturated heterocycles. The number of benzene rings is 1. The first kappa shape index (κ1) is 10.8. The predicted molar refractivity (Wildman–Crippen MR) is 55.8 cm³/mol. The Hall–Kier alpha value is -1.28. The molecule has 0 saturated carbocycles. The molecule has 1 aromatic rings. The van der Waals surface area contributed by atoms with Crippen LogP contribution in [0.4, 0.5) is 0 Å². The molecule has 1 rings (SSSR count). The lowest BCUT2D eigenvalue weighted by Gasteiger charge is -2.03. The van der Waals surface area contributed by atoms with E-state index in [4.69, 9.17) is 16.3 Å². The van der Waals surface area contributed by atoms with Crippen molar-refractivity contribution in [3.63, 3.8) is 0 Å².